The Morgan fingerprint density at radius 3 is 2.34 bits per heavy atom. The Hall–Kier alpha value is -3.46. The number of carbonyl (C=O) groups excluding carboxylic acids is 1. The van der Waals surface area contributed by atoms with Gasteiger partial charge in [0.25, 0.3) is 0 Å². The number of hydrogen-bond acceptors (Lipinski definition) is 9. The van der Waals surface area contributed by atoms with Crippen molar-refractivity contribution in [2.75, 3.05) is 46.4 Å². The molecule has 0 radical (unpaired) electrons. The molecule has 0 unspecified atom stereocenters. The summed E-state index contributed by atoms with van der Waals surface area (Å²) in [6.45, 7) is 1.21. The average Bonchev–Trinajstić information content (AvgIpc) is 3.22. The lowest BCUT2D eigenvalue weighted by molar-refractivity contribution is -0.143. The summed E-state index contributed by atoms with van der Waals surface area (Å²) in [6, 6.07) is 9.39. The maximum atomic E-state index is 12.3. The third-order valence-electron chi connectivity index (χ3n) is 5.09. The van der Waals surface area contributed by atoms with E-state index in [4.69, 9.17) is 23.7 Å². The number of methoxy groups -OCH3 is 4. The SMILES string of the molecule is COc1cc(/C=C/C(=O)OC2CN(c3nc4c(OC)cccc4s3)C2)cc(OC)c1OC. The summed E-state index contributed by atoms with van der Waals surface area (Å²) >= 11 is 1.60. The molecule has 1 aromatic heterocycles. The molecule has 1 aliphatic rings. The Morgan fingerprint density at radius 2 is 1.72 bits per heavy atom. The van der Waals surface area contributed by atoms with Gasteiger partial charge < -0.3 is 28.6 Å². The smallest absolute Gasteiger partial charge is 0.331 e. The molecule has 0 bridgehead atoms. The normalized spacial score (nSPS) is 13.8. The molecule has 168 valence electrons. The first-order valence-corrected chi connectivity index (χ1v) is 10.7. The minimum Gasteiger partial charge on any atom is -0.494 e. The Balaban J connectivity index is 1.36. The van der Waals surface area contributed by atoms with Crippen molar-refractivity contribution in [3.63, 3.8) is 0 Å². The molecule has 1 fully saturated rings. The van der Waals surface area contributed by atoms with Gasteiger partial charge in [-0.25, -0.2) is 9.78 Å². The standard InChI is InChI=1S/C23H24N2O6S/c1-27-16-6-5-7-19-21(16)24-23(32-19)25-12-15(13-25)31-20(26)9-8-14-10-17(28-2)22(30-4)18(11-14)29-3/h5-11,15H,12-13H2,1-4H3/b9-8+. The molecule has 1 aliphatic heterocycles. The van der Waals surface area contributed by atoms with E-state index in [0.29, 0.717) is 30.3 Å². The maximum absolute atomic E-state index is 12.3. The highest BCUT2D eigenvalue weighted by atomic mass is 32.1. The van der Waals surface area contributed by atoms with Crippen LogP contribution < -0.4 is 23.8 Å². The van der Waals surface area contributed by atoms with Crippen LogP contribution in [0.4, 0.5) is 5.13 Å². The van der Waals surface area contributed by atoms with Crippen molar-refractivity contribution in [3.05, 3.63) is 42.0 Å². The maximum Gasteiger partial charge on any atom is 0.331 e. The molecule has 3 aromatic rings. The summed E-state index contributed by atoms with van der Waals surface area (Å²) in [5.74, 6) is 1.88. The molecule has 0 N–H and O–H groups in total. The van der Waals surface area contributed by atoms with Gasteiger partial charge >= 0.3 is 5.97 Å². The minimum absolute atomic E-state index is 0.180. The first kappa shape index (κ1) is 21.8. The summed E-state index contributed by atoms with van der Waals surface area (Å²) in [7, 11) is 6.27. The van der Waals surface area contributed by atoms with Crippen LogP contribution in [0.1, 0.15) is 5.56 Å². The van der Waals surface area contributed by atoms with E-state index in [1.165, 1.54) is 6.08 Å². The lowest BCUT2D eigenvalue weighted by Crippen LogP contribution is -2.52. The molecule has 32 heavy (non-hydrogen) atoms. The highest BCUT2D eigenvalue weighted by molar-refractivity contribution is 7.22. The Bertz CT molecular complexity index is 1130. The zero-order chi connectivity index (χ0) is 22.7. The monoisotopic (exact) mass is 456 g/mol. The van der Waals surface area contributed by atoms with Crippen molar-refractivity contribution >= 4 is 38.7 Å². The van der Waals surface area contributed by atoms with Gasteiger partial charge in [-0.15, -0.1) is 0 Å². The van der Waals surface area contributed by atoms with Crippen LogP contribution in [-0.2, 0) is 9.53 Å². The minimum atomic E-state index is -0.408. The van der Waals surface area contributed by atoms with E-state index in [0.717, 1.165) is 26.7 Å². The zero-order valence-corrected chi connectivity index (χ0v) is 19.1. The molecule has 8 nitrogen and oxygen atoms in total. The van der Waals surface area contributed by atoms with Gasteiger partial charge in [-0.2, -0.15) is 0 Å². The van der Waals surface area contributed by atoms with Gasteiger partial charge in [0.2, 0.25) is 5.75 Å². The number of carbonyl (C=O) groups is 1. The van der Waals surface area contributed by atoms with Crippen LogP contribution in [0.2, 0.25) is 0 Å². The third-order valence-corrected chi connectivity index (χ3v) is 6.17. The predicted octanol–water partition coefficient (Wildman–Crippen LogP) is 3.78. The molecule has 2 heterocycles. The molecule has 0 atom stereocenters. The lowest BCUT2D eigenvalue weighted by Gasteiger charge is -2.37. The molecule has 0 aliphatic carbocycles. The molecule has 9 heteroatoms. The number of rotatable bonds is 8. The van der Waals surface area contributed by atoms with E-state index in [1.807, 2.05) is 18.2 Å². The van der Waals surface area contributed by atoms with Crippen LogP contribution in [0.15, 0.2) is 36.4 Å². The number of nitrogens with zero attached hydrogens (tertiary/aromatic N) is 2. The number of ether oxygens (including phenoxy) is 5. The number of anilines is 1. The van der Waals surface area contributed by atoms with E-state index in [2.05, 4.69) is 9.88 Å². The molecular weight excluding hydrogens is 432 g/mol. The van der Waals surface area contributed by atoms with Crippen LogP contribution in [-0.4, -0.2) is 58.6 Å². The predicted molar refractivity (Wildman–Crippen MR) is 123 cm³/mol. The van der Waals surface area contributed by atoms with Crippen molar-refractivity contribution < 1.29 is 28.5 Å². The van der Waals surface area contributed by atoms with Crippen LogP contribution >= 0.6 is 11.3 Å². The average molecular weight is 457 g/mol. The van der Waals surface area contributed by atoms with E-state index in [-0.39, 0.29) is 6.10 Å². The van der Waals surface area contributed by atoms with Crippen molar-refractivity contribution in [1.29, 1.82) is 0 Å². The van der Waals surface area contributed by atoms with Crippen LogP contribution in [0.5, 0.6) is 23.0 Å². The van der Waals surface area contributed by atoms with E-state index >= 15 is 0 Å². The van der Waals surface area contributed by atoms with Crippen LogP contribution in [0.3, 0.4) is 0 Å². The first-order valence-electron chi connectivity index (χ1n) is 9.93. The number of hydrogen-bond donors (Lipinski definition) is 0. The summed E-state index contributed by atoms with van der Waals surface area (Å²) in [5.41, 5.74) is 1.58. The molecule has 0 amide bonds. The van der Waals surface area contributed by atoms with Crippen molar-refractivity contribution in [2.24, 2.45) is 0 Å². The van der Waals surface area contributed by atoms with Crippen molar-refractivity contribution in [3.8, 4) is 23.0 Å². The number of esters is 1. The third kappa shape index (κ3) is 4.29. The van der Waals surface area contributed by atoms with Gasteiger partial charge in [0.15, 0.2) is 16.6 Å². The number of para-hydroxylation sites is 1. The Kier molecular flexibility index (Phi) is 6.36. The zero-order valence-electron chi connectivity index (χ0n) is 18.3. The Morgan fingerprint density at radius 1 is 1.03 bits per heavy atom. The fourth-order valence-electron chi connectivity index (χ4n) is 3.45. The molecule has 0 spiro atoms. The highest BCUT2D eigenvalue weighted by Gasteiger charge is 2.32. The Labute approximate surface area is 189 Å². The van der Waals surface area contributed by atoms with E-state index < -0.39 is 5.97 Å². The van der Waals surface area contributed by atoms with Crippen LogP contribution in [0.25, 0.3) is 16.3 Å². The first-order chi connectivity index (χ1) is 15.6. The summed E-state index contributed by atoms with van der Waals surface area (Å²) < 4.78 is 28.0. The highest BCUT2D eigenvalue weighted by Crippen LogP contribution is 2.39. The van der Waals surface area contributed by atoms with Gasteiger partial charge in [-0.05, 0) is 35.9 Å². The van der Waals surface area contributed by atoms with E-state index in [9.17, 15) is 4.79 Å². The van der Waals surface area contributed by atoms with Crippen molar-refractivity contribution in [2.45, 2.75) is 6.10 Å². The largest absolute Gasteiger partial charge is 0.494 e. The summed E-state index contributed by atoms with van der Waals surface area (Å²) in [6.07, 6.45) is 2.87. The van der Waals surface area contributed by atoms with Crippen molar-refractivity contribution in [1.82, 2.24) is 4.98 Å². The second-order valence-corrected chi connectivity index (χ2v) is 8.07. The molecular formula is C23H24N2O6S. The number of thiazole rings is 1. The second kappa shape index (κ2) is 9.35. The summed E-state index contributed by atoms with van der Waals surface area (Å²) in [5, 5.41) is 0.893. The molecule has 0 saturated carbocycles. The topological polar surface area (TPSA) is 79.4 Å². The second-order valence-electron chi connectivity index (χ2n) is 7.06. The van der Waals surface area contributed by atoms with Gasteiger partial charge in [0, 0.05) is 6.08 Å². The fraction of sp³-hybridized carbons (Fsp3) is 0.304. The van der Waals surface area contributed by atoms with Gasteiger partial charge in [-0.3, -0.25) is 0 Å². The quantitative estimate of drug-likeness (QED) is 0.374. The van der Waals surface area contributed by atoms with Gasteiger partial charge in [0.1, 0.15) is 17.4 Å². The van der Waals surface area contributed by atoms with E-state index in [1.54, 1.807) is 58.0 Å². The lowest BCUT2D eigenvalue weighted by atomic mass is 10.1. The van der Waals surface area contributed by atoms with Gasteiger partial charge in [-0.1, -0.05) is 17.4 Å². The number of aromatic nitrogens is 1. The van der Waals surface area contributed by atoms with Crippen LogP contribution in [0, 0.1) is 0 Å². The number of fused-ring (bicyclic) bond motifs is 1. The van der Waals surface area contributed by atoms with Gasteiger partial charge in [0.05, 0.1) is 46.2 Å². The fourth-order valence-corrected chi connectivity index (χ4v) is 4.45. The molecule has 2 aromatic carbocycles. The molecule has 4 rings (SSSR count). The molecule has 1 saturated heterocycles. The number of benzene rings is 2. The summed E-state index contributed by atoms with van der Waals surface area (Å²) in [4.78, 5) is 19.0.